The second-order valence-corrected chi connectivity index (χ2v) is 5.84. The molecule has 0 unspecified atom stereocenters. The van der Waals surface area contributed by atoms with Crippen molar-refractivity contribution in [2.75, 3.05) is 20.7 Å². The summed E-state index contributed by atoms with van der Waals surface area (Å²) >= 11 is 0. The maximum absolute atomic E-state index is 5.24. The molecule has 1 aliphatic carbocycles. The van der Waals surface area contributed by atoms with Crippen LogP contribution in [0.5, 0.6) is 5.75 Å². The number of nitrogens with one attached hydrogen (secondary N) is 2. The summed E-state index contributed by atoms with van der Waals surface area (Å²) < 4.78 is 5.24. The van der Waals surface area contributed by atoms with Crippen LogP contribution in [0.15, 0.2) is 29.3 Å². The fourth-order valence-corrected chi connectivity index (χ4v) is 2.79. The van der Waals surface area contributed by atoms with Crippen LogP contribution in [-0.4, -0.2) is 26.7 Å². The van der Waals surface area contributed by atoms with Gasteiger partial charge >= 0.3 is 0 Å². The van der Waals surface area contributed by atoms with Gasteiger partial charge in [0.1, 0.15) is 5.75 Å². The molecule has 2 rings (SSSR count). The van der Waals surface area contributed by atoms with Crippen LogP contribution in [0.4, 0.5) is 0 Å². The first-order valence-corrected chi connectivity index (χ1v) is 7.79. The molecule has 0 atom stereocenters. The minimum absolute atomic E-state index is 0.494. The summed E-state index contributed by atoms with van der Waals surface area (Å²) in [5.41, 5.74) is 1.68. The van der Waals surface area contributed by atoms with Gasteiger partial charge in [0, 0.05) is 20.1 Å². The van der Waals surface area contributed by atoms with Crippen molar-refractivity contribution in [2.45, 2.75) is 39.2 Å². The second-order valence-electron chi connectivity index (χ2n) is 5.84. The Morgan fingerprint density at radius 2 is 2.14 bits per heavy atom. The van der Waals surface area contributed by atoms with Crippen molar-refractivity contribution in [3.63, 3.8) is 0 Å². The first-order chi connectivity index (χ1) is 10.2. The summed E-state index contributed by atoms with van der Waals surface area (Å²) in [6.07, 6.45) is 5.28. The molecule has 21 heavy (non-hydrogen) atoms. The molecule has 0 spiro atoms. The van der Waals surface area contributed by atoms with Crippen molar-refractivity contribution in [3.05, 3.63) is 29.8 Å². The van der Waals surface area contributed by atoms with Gasteiger partial charge in [-0.25, -0.2) is 0 Å². The predicted molar refractivity (Wildman–Crippen MR) is 87.8 cm³/mol. The predicted octanol–water partition coefficient (Wildman–Crippen LogP) is 2.94. The molecule has 1 aromatic rings. The van der Waals surface area contributed by atoms with Gasteiger partial charge in [-0.05, 0) is 42.4 Å². The maximum atomic E-state index is 5.24. The van der Waals surface area contributed by atoms with E-state index in [1.165, 1.54) is 31.2 Å². The van der Waals surface area contributed by atoms with Crippen molar-refractivity contribution in [3.8, 4) is 5.75 Å². The molecule has 0 amide bonds. The van der Waals surface area contributed by atoms with E-state index < -0.39 is 0 Å². The molecule has 1 aliphatic rings. The van der Waals surface area contributed by atoms with Gasteiger partial charge in [-0.1, -0.05) is 25.5 Å². The highest BCUT2D eigenvalue weighted by Crippen LogP contribution is 2.42. The number of guanidine groups is 1. The first kappa shape index (κ1) is 15.7. The Kier molecular flexibility index (Phi) is 5.48. The van der Waals surface area contributed by atoms with E-state index in [4.69, 9.17) is 4.74 Å². The summed E-state index contributed by atoms with van der Waals surface area (Å²) in [5.74, 6) is 1.76. The van der Waals surface area contributed by atoms with Crippen LogP contribution < -0.4 is 15.4 Å². The molecular weight excluding hydrogens is 262 g/mol. The lowest BCUT2D eigenvalue weighted by molar-refractivity contribution is 0.131. The normalized spacial score (nSPS) is 17.0. The Morgan fingerprint density at radius 1 is 1.33 bits per heavy atom. The highest BCUT2D eigenvalue weighted by Gasteiger charge is 2.34. The van der Waals surface area contributed by atoms with E-state index >= 15 is 0 Å². The van der Waals surface area contributed by atoms with Gasteiger partial charge in [0.2, 0.25) is 0 Å². The van der Waals surface area contributed by atoms with E-state index in [1.54, 1.807) is 7.11 Å². The third kappa shape index (κ3) is 4.13. The number of ether oxygens (including phenoxy) is 1. The molecule has 1 fully saturated rings. The molecule has 0 radical (unpaired) electrons. The number of rotatable bonds is 6. The number of methoxy groups -OCH3 is 1. The number of aliphatic imine (C=N–C) groups is 1. The van der Waals surface area contributed by atoms with Gasteiger partial charge in [-0.3, -0.25) is 4.99 Å². The molecule has 0 aromatic heterocycles. The monoisotopic (exact) mass is 289 g/mol. The SMILES string of the molecule is CCC1(CNC(=NC)NCc2cccc(OC)c2)CCC1. The van der Waals surface area contributed by atoms with Crippen molar-refractivity contribution in [2.24, 2.45) is 10.4 Å². The lowest BCUT2D eigenvalue weighted by Crippen LogP contribution is -2.46. The van der Waals surface area contributed by atoms with Crippen molar-refractivity contribution >= 4 is 5.96 Å². The lowest BCUT2D eigenvalue weighted by atomic mass is 9.67. The molecule has 1 aromatic carbocycles. The Morgan fingerprint density at radius 3 is 2.71 bits per heavy atom. The van der Waals surface area contributed by atoms with Gasteiger partial charge in [0.05, 0.1) is 7.11 Å². The average molecular weight is 289 g/mol. The quantitative estimate of drug-likeness (QED) is 0.625. The van der Waals surface area contributed by atoms with Crippen LogP contribution >= 0.6 is 0 Å². The second kappa shape index (κ2) is 7.34. The van der Waals surface area contributed by atoms with Crippen LogP contribution in [0.2, 0.25) is 0 Å². The molecule has 1 saturated carbocycles. The van der Waals surface area contributed by atoms with Crippen LogP contribution in [0, 0.1) is 5.41 Å². The number of nitrogens with zero attached hydrogens (tertiary/aromatic N) is 1. The van der Waals surface area contributed by atoms with E-state index in [9.17, 15) is 0 Å². The first-order valence-electron chi connectivity index (χ1n) is 7.79. The third-order valence-electron chi connectivity index (χ3n) is 4.61. The average Bonchev–Trinajstić information content (AvgIpc) is 2.49. The van der Waals surface area contributed by atoms with Gasteiger partial charge in [-0.2, -0.15) is 0 Å². The van der Waals surface area contributed by atoms with Crippen LogP contribution in [-0.2, 0) is 6.54 Å². The largest absolute Gasteiger partial charge is 0.497 e. The fourth-order valence-electron chi connectivity index (χ4n) is 2.79. The van der Waals surface area contributed by atoms with Crippen molar-refractivity contribution in [1.82, 2.24) is 10.6 Å². The Balaban J connectivity index is 1.82. The summed E-state index contributed by atoms with van der Waals surface area (Å²) in [6.45, 7) is 4.05. The summed E-state index contributed by atoms with van der Waals surface area (Å²) in [5, 5.41) is 6.83. The summed E-state index contributed by atoms with van der Waals surface area (Å²) in [7, 11) is 3.51. The Bertz CT molecular complexity index is 475. The van der Waals surface area contributed by atoms with Crippen molar-refractivity contribution < 1.29 is 4.74 Å². The highest BCUT2D eigenvalue weighted by atomic mass is 16.5. The summed E-state index contributed by atoms with van der Waals surface area (Å²) in [6, 6.07) is 8.09. The standard InChI is InChI=1S/C17H27N3O/c1-4-17(9-6-10-17)13-20-16(18-2)19-12-14-7-5-8-15(11-14)21-3/h5,7-8,11H,4,6,9-10,12-13H2,1-3H3,(H2,18,19,20). The zero-order valence-electron chi connectivity index (χ0n) is 13.4. The number of hydrogen-bond donors (Lipinski definition) is 2. The third-order valence-corrected chi connectivity index (χ3v) is 4.61. The van der Waals surface area contributed by atoms with E-state index in [1.807, 2.05) is 25.2 Å². The van der Waals surface area contributed by atoms with Gasteiger partial charge < -0.3 is 15.4 Å². The minimum Gasteiger partial charge on any atom is -0.497 e. The smallest absolute Gasteiger partial charge is 0.191 e. The fraction of sp³-hybridized carbons (Fsp3) is 0.588. The Labute approximate surface area is 128 Å². The molecule has 0 saturated heterocycles. The molecule has 116 valence electrons. The topological polar surface area (TPSA) is 45.7 Å². The molecule has 0 bridgehead atoms. The molecule has 4 nitrogen and oxygen atoms in total. The molecule has 4 heteroatoms. The van der Waals surface area contributed by atoms with Crippen molar-refractivity contribution in [1.29, 1.82) is 0 Å². The van der Waals surface area contributed by atoms with E-state index in [-0.39, 0.29) is 0 Å². The lowest BCUT2D eigenvalue weighted by Gasteiger charge is -2.41. The number of benzene rings is 1. The van der Waals surface area contributed by atoms with Gasteiger partial charge in [-0.15, -0.1) is 0 Å². The minimum atomic E-state index is 0.494. The Hall–Kier alpha value is -1.71. The van der Waals surface area contributed by atoms with Crippen LogP contribution in [0.1, 0.15) is 38.2 Å². The van der Waals surface area contributed by atoms with E-state index in [0.29, 0.717) is 5.41 Å². The maximum Gasteiger partial charge on any atom is 0.191 e. The molecular formula is C17H27N3O. The van der Waals surface area contributed by atoms with Crippen LogP contribution in [0.25, 0.3) is 0 Å². The van der Waals surface area contributed by atoms with E-state index in [0.717, 1.165) is 24.8 Å². The molecule has 2 N–H and O–H groups in total. The zero-order valence-corrected chi connectivity index (χ0v) is 13.4. The molecule has 0 aliphatic heterocycles. The zero-order chi connectivity index (χ0) is 15.1. The molecule has 0 heterocycles. The van der Waals surface area contributed by atoms with E-state index in [2.05, 4.69) is 28.6 Å². The van der Waals surface area contributed by atoms with Gasteiger partial charge in [0.15, 0.2) is 5.96 Å². The summed E-state index contributed by atoms with van der Waals surface area (Å²) in [4.78, 5) is 4.30. The van der Waals surface area contributed by atoms with Gasteiger partial charge in [0.25, 0.3) is 0 Å². The van der Waals surface area contributed by atoms with Crippen LogP contribution in [0.3, 0.4) is 0 Å². The number of hydrogen-bond acceptors (Lipinski definition) is 2. The highest BCUT2D eigenvalue weighted by molar-refractivity contribution is 5.79.